The van der Waals surface area contributed by atoms with Gasteiger partial charge in [0.25, 0.3) is 0 Å². The highest BCUT2D eigenvalue weighted by Gasteiger charge is 2.40. The average Bonchev–Trinajstić information content (AvgIpc) is 3.95. The summed E-state index contributed by atoms with van der Waals surface area (Å²) in [5, 5.41) is 7.30. The molecule has 0 bridgehead atoms. The maximum Gasteiger partial charge on any atom is 0.408 e. The van der Waals surface area contributed by atoms with Gasteiger partial charge < -0.3 is 39.0 Å². The summed E-state index contributed by atoms with van der Waals surface area (Å²) < 4.78 is 45.7. The highest BCUT2D eigenvalue weighted by atomic mass is 19.1. The summed E-state index contributed by atoms with van der Waals surface area (Å²) in [6, 6.07) is 7.01. The van der Waals surface area contributed by atoms with Gasteiger partial charge in [-0.15, -0.1) is 0 Å². The summed E-state index contributed by atoms with van der Waals surface area (Å²) in [5.41, 5.74) is 3.54. The van der Waals surface area contributed by atoms with Crippen molar-refractivity contribution in [3.8, 4) is 11.4 Å². The zero-order chi connectivity index (χ0) is 42.7. The highest BCUT2D eigenvalue weighted by molar-refractivity contribution is 5.98. The van der Waals surface area contributed by atoms with E-state index in [2.05, 4.69) is 24.8 Å². The number of aliphatic imine (C=N–C) groups is 1. The molecular formula is C45H55F2N7O6. The number of hydrogen-bond donors (Lipinski definition) is 2. The minimum atomic E-state index is -1.09. The fraction of sp³-hybridized carbons (Fsp3) is 0.533. The number of alkyl carbamates (subject to hydrolysis) is 2. The largest absolute Gasteiger partial charge is 0.444 e. The van der Waals surface area contributed by atoms with Gasteiger partial charge in [0.15, 0.2) is 0 Å². The van der Waals surface area contributed by atoms with E-state index in [0.717, 1.165) is 57.2 Å². The van der Waals surface area contributed by atoms with Gasteiger partial charge in [0.2, 0.25) is 11.8 Å². The van der Waals surface area contributed by atoms with E-state index in [4.69, 9.17) is 9.47 Å². The van der Waals surface area contributed by atoms with E-state index < -0.39 is 35.5 Å². The summed E-state index contributed by atoms with van der Waals surface area (Å²) in [5.74, 6) is -1.35. The molecule has 2 fully saturated rings. The van der Waals surface area contributed by atoms with Crippen molar-refractivity contribution in [3.63, 3.8) is 0 Å². The Balaban J connectivity index is 1.29. The van der Waals surface area contributed by atoms with Gasteiger partial charge in [-0.05, 0) is 128 Å². The SMILES string of the molecule is CC(C)(C)OC(=O)N[C@H]1CC=NC[C@H](NC(=O)OC(C)(C)C)C(=O)N2CCC[C@H]2Cc2c3n(c4cc(F)ccc24)CCn2c-3c(c3ccc(F)cc32)C[C@@H]2CCCN2C1=O. The number of carbonyl (C=O) groups excluding carboxylic acids is 4. The van der Waals surface area contributed by atoms with Crippen LogP contribution < -0.4 is 10.6 Å². The molecule has 4 aromatic rings. The molecule has 8 rings (SSSR count). The Morgan fingerprint density at radius 3 is 1.60 bits per heavy atom. The maximum absolute atomic E-state index is 15.1. The van der Waals surface area contributed by atoms with Gasteiger partial charge in [0, 0.05) is 61.7 Å². The van der Waals surface area contributed by atoms with Crippen LogP contribution in [0.2, 0.25) is 0 Å². The lowest BCUT2D eigenvalue weighted by Crippen LogP contribution is -2.53. The summed E-state index contributed by atoms with van der Waals surface area (Å²) in [6.45, 7) is 12.3. The van der Waals surface area contributed by atoms with E-state index in [1.807, 2.05) is 21.9 Å². The summed E-state index contributed by atoms with van der Waals surface area (Å²) in [6.07, 6.45) is 3.83. The zero-order valence-corrected chi connectivity index (χ0v) is 35.3. The van der Waals surface area contributed by atoms with Crippen molar-refractivity contribution in [1.29, 1.82) is 0 Å². The number of amides is 4. The second-order valence-corrected chi connectivity index (χ2v) is 18.5. The molecule has 2 N–H and O–H groups in total. The molecule has 4 aliphatic heterocycles. The van der Waals surface area contributed by atoms with Crippen LogP contribution in [0.1, 0.15) is 84.8 Å². The first-order valence-electron chi connectivity index (χ1n) is 21.2. The number of hydrogen-bond acceptors (Lipinski definition) is 7. The molecule has 320 valence electrons. The number of nitrogens with one attached hydrogen (secondary N) is 2. The predicted molar refractivity (Wildman–Crippen MR) is 224 cm³/mol. The van der Waals surface area contributed by atoms with E-state index in [1.165, 1.54) is 18.3 Å². The number of aromatic nitrogens is 2. The number of carbonyl (C=O) groups is 4. The Morgan fingerprint density at radius 1 is 0.683 bits per heavy atom. The van der Waals surface area contributed by atoms with Gasteiger partial charge in [-0.25, -0.2) is 18.4 Å². The van der Waals surface area contributed by atoms with Crippen LogP contribution in [0.4, 0.5) is 18.4 Å². The van der Waals surface area contributed by atoms with Crippen molar-refractivity contribution < 1.29 is 37.4 Å². The third-order valence-corrected chi connectivity index (χ3v) is 12.0. The smallest absolute Gasteiger partial charge is 0.408 e. The van der Waals surface area contributed by atoms with Gasteiger partial charge in [0.05, 0.1) is 29.0 Å². The third kappa shape index (κ3) is 8.19. The molecule has 2 saturated heterocycles. The minimum Gasteiger partial charge on any atom is -0.444 e. The van der Waals surface area contributed by atoms with Crippen LogP contribution in [0.15, 0.2) is 41.4 Å². The first-order chi connectivity index (χ1) is 28.5. The average molecular weight is 828 g/mol. The van der Waals surface area contributed by atoms with E-state index in [1.54, 1.807) is 53.7 Å². The van der Waals surface area contributed by atoms with Crippen molar-refractivity contribution in [1.82, 2.24) is 29.6 Å². The molecule has 0 spiro atoms. The standard InChI is InChI=1S/C45H55F2N7O6/c1-44(2,3)59-42(57)49-34-15-16-48-25-35(50-43(58)60-45(4,5)6)41(56)52-18-8-10-29(52)24-33-31-14-12-27(47)22-37(31)54-20-19-53-36-21-26(46)11-13-30(36)32(38(53)39(33)54)23-28-9-7-17-51(28)40(34)55/h11-14,16,21-22,28-29,34-35H,7-10,15,17-20,23-25H2,1-6H3,(H,49,57)(H,50,58)/t28-,29-,34-,35-/m0/s1. The molecule has 13 nitrogen and oxygen atoms in total. The second-order valence-electron chi connectivity index (χ2n) is 18.5. The highest BCUT2D eigenvalue weighted by Crippen LogP contribution is 2.45. The second kappa shape index (κ2) is 15.9. The zero-order valence-electron chi connectivity index (χ0n) is 35.3. The predicted octanol–water partition coefficient (Wildman–Crippen LogP) is 6.88. The number of fused-ring (bicyclic) bond motifs is 8. The topological polar surface area (TPSA) is 140 Å². The molecule has 15 heteroatoms. The molecule has 0 saturated carbocycles. The van der Waals surface area contributed by atoms with Gasteiger partial charge in [-0.3, -0.25) is 14.6 Å². The molecule has 0 radical (unpaired) electrons. The fourth-order valence-electron chi connectivity index (χ4n) is 9.62. The first-order valence-corrected chi connectivity index (χ1v) is 21.2. The lowest BCUT2D eigenvalue weighted by Gasteiger charge is -2.31. The molecule has 4 atom stereocenters. The Kier molecular flexibility index (Phi) is 10.9. The van der Waals surface area contributed by atoms with Crippen LogP contribution in [0.3, 0.4) is 0 Å². The third-order valence-electron chi connectivity index (χ3n) is 12.0. The van der Waals surface area contributed by atoms with Crippen molar-refractivity contribution in [2.45, 2.75) is 135 Å². The lowest BCUT2D eigenvalue weighted by atomic mass is 9.94. The number of rotatable bonds is 2. The monoisotopic (exact) mass is 827 g/mol. The van der Waals surface area contributed by atoms with E-state index in [-0.39, 0.29) is 48.5 Å². The molecule has 4 amide bonds. The quantitative estimate of drug-likeness (QED) is 0.226. The van der Waals surface area contributed by atoms with Crippen LogP contribution in [0.25, 0.3) is 33.2 Å². The fourth-order valence-corrected chi connectivity index (χ4v) is 9.62. The number of halogens is 2. The maximum atomic E-state index is 15.1. The Bertz CT molecular complexity index is 2230. The minimum absolute atomic E-state index is 0.00480. The van der Waals surface area contributed by atoms with Gasteiger partial charge >= 0.3 is 12.2 Å². The summed E-state index contributed by atoms with van der Waals surface area (Å²) in [7, 11) is 0. The molecule has 2 aromatic heterocycles. The molecule has 60 heavy (non-hydrogen) atoms. The van der Waals surface area contributed by atoms with E-state index >= 15 is 8.78 Å². The van der Waals surface area contributed by atoms with Crippen molar-refractivity contribution in [2.24, 2.45) is 4.99 Å². The van der Waals surface area contributed by atoms with Crippen LogP contribution in [-0.4, -0.2) is 104 Å². The Labute approximate surface area is 348 Å². The van der Waals surface area contributed by atoms with E-state index in [9.17, 15) is 19.2 Å². The molecule has 4 aliphatic rings. The number of aryl methyl sites for hydroxylation is 2. The van der Waals surface area contributed by atoms with Crippen LogP contribution in [0.5, 0.6) is 0 Å². The van der Waals surface area contributed by atoms with Crippen LogP contribution in [-0.2, 0) is 45.0 Å². The number of nitrogens with zero attached hydrogens (tertiary/aromatic N) is 5. The van der Waals surface area contributed by atoms with Crippen LogP contribution in [0, 0.1) is 11.6 Å². The van der Waals surface area contributed by atoms with Gasteiger partial charge in [-0.1, -0.05) is 0 Å². The Morgan fingerprint density at radius 2 is 1.13 bits per heavy atom. The molecule has 6 heterocycles. The van der Waals surface area contributed by atoms with Gasteiger partial charge in [-0.2, -0.15) is 0 Å². The molecule has 0 aliphatic carbocycles. The molecular weight excluding hydrogens is 773 g/mol. The first kappa shape index (κ1) is 41.3. The number of ether oxygens (including phenoxy) is 2. The van der Waals surface area contributed by atoms with Crippen molar-refractivity contribution in [2.75, 3.05) is 19.6 Å². The van der Waals surface area contributed by atoms with Crippen molar-refractivity contribution in [3.05, 3.63) is 59.2 Å². The summed E-state index contributed by atoms with van der Waals surface area (Å²) in [4.78, 5) is 63.9. The normalized spacial score (nSPS) is 22.6. The van der Waals surface area contributed by atoms with E-state index in [0.29, 0.717) is 51.9 Å². The molecule has 2 aromatic carbocycles. The van der Waals surface area contributed by atoms with Crippen LogP contribution >= 0.6 is 0 Å². The number of benzene rings is 2. The lowest BCUT2D eigenvalue weighted by molar-refractivity contribution is -0.134. The Hall–Kier alpha value is -5.47. The van der Waals surface area contributed by atoms with Gasteiger partial charge in [0.1, 0.15) is 34.9 Å². The molecule has 0 unspecified atom stereocenters. The summed E-state index contributed by atoms with van der Waals surface area (Å²) >= 11 is 0. The van der Waals surface area contributed by atoms with Crippen molar-refractivity contribution >= 4 is 52.0 Å².